The molecule has 22 heavy (non-hydrogen) atoms. The van der Waals surface area contributed by atoms with Gasteiger partial charge in [0.2, 0.25) is 5.91 Å². The standard InChI is InChI=1S/C15H10ClFN2O2S/c16-10-6-9(2-3-11(10)17)18-15(21)8-1-4-13-12(5-8)19-14(20)7-22-13/h1-6H,7H2,(H,18,21)(H,19,20). The number of amides is 2. The number of nitrogens with one attached hydrogen (secondary N) is 2. The van der Waals surface area contributed by atoms with Gasteiger partial charge in [0.1, 0.15) is 5.82 Å². The number of anilines is 2. The molecule has 2 aromatic rings. The van der Waals surface area contributed by atoms with Gasteiger partial charge in [0, 0.05) is 16.1 Å². The first-order valence-electron chi connectivity index (χ1n) is 6.36. The van der Waals surface area contributed by atoms with Gasteiger partial charge >= 0.3 is 0 Å². The first-order valence-corrected chi connectivity index (χ1v) is 7.72. The predicted octanol–water partition coefficient (Wildman–Crippen LogP) is 3.78. The van der Waals surface area contributed by atoms with Crippen LogP contribution in [0.4, 0.5) is 15.8 Å². The number of hydrogen-bond donors (Lipinski definition) is 2. The fraction of sp³-hybridized carbons (Fsp3) is 0.0667. The molecule has 0 bridgehead atoms. The molecule has 0 saturated carbocycles. The van der Waals surface area contributed by atoms with E-state index in [9.17, 15) is 14.0 Å². The second kappa shape index (κ2) is 5.98. The molecule has 0 aromatic heterocycles. The van der Waals surface area contributed by atoms with E-state index in [1.54, 1.807) is 18.2 Å². The Bertz CT molecular complexity index is 782. The highest BCUT2D eigenvalue weighted by Crippen LogP contribution is 2.32. The average Bonchev–Trinajstić information content (AvgIpc) is 2.50. The summed E-state index contributed by atoms with van der Waals surface area (Å²) in [6.45, 7) is 0. The van der Waals surface area contributed by atoms with Crippen LogP contribution in [0.2, 0.25) is 5.02 Å². The summed E-state index contributed by atoms with van der Waals surface area (Å²) >= 11 is 7.10. The van der Waals surface area contributed by atoms with Gasteiger partial charge in [0.25, 0.3) is 5.91 Å². The molecule has 112 valence electrons. The Kier molecular flexibility index (Phi) is 4.04. The zero-order valence-electron chi connectivity index (χ0n) is 11.2. The van der Waals surface area contributed by atoms with Crippen molar-refractivity contribution < 1.29 is 14.0 Å². The molecule has 0 unspecified atom stereocenters. The SMILES string of the molecule is O=C1CSc2ccc(C(=O)Nc3ccc(F)c(Cl)c3)cc2N1. The average molecular weight is 337 g/mol. The van der Waals surface area contributed by atoms with Gasteiger partial charge in [-0.05, 0) is 36.4 Å². The molecule has 1 heterocycles. The molecule has 1 aliphatic heterocycles. The van der Waals surface area contributed by atoms with Gasteiger partial charge in [-0.3, -0.25) is 9.59 Å². The van der Waals surface area contributed by atoms with E-state index in [-0.39, 0.29) is 16.8 Å². The number of halogens is 2. The van der Waals surface area contributed by atoms with E-state index < -0.39 is 5.82 Å². The van der Waals surface area contributed by atoms with Crippen LogP contribution >= 0.6 is 23.4 Å². The summed E-state index contributed by atoms with van der Waals surface area (Å²) in [5.41, 5.74) is 1.40. The third-order valence-corrected chi connectivity index (χ3v) is 4.42. The van der Waals surface area contributed by atoms with Gasteiger partial charge in [-0.2, -0.15) is 0 Å². The molecule has 2 aromatic carbocycles. The number of carbonyl (C=O) groups excluding carboxylic acids is 2. The van der Waals surface area contributed by atoms with E-state index >= 15 is 0 Å². The fourth-order valence-electron chi connectivity index (χ4n) is 2.00. The van der Waals surface area contributed by atoms with Crippen molar-refractivity contribution in [1.82, 2.24) is 0 Å². The Morgan fingerprint density at radius 3 is 2.86 bits per heavy atom. The summed E-state index contributed by atoms with van der Waals surface area (Å²) in [5, 5.41) is 5.30. The van der Waals surface area contributed by atoms with Gasteiger partial charge in [0.05, 0.1) is 16.5 Å². The summed E-state index contributed by atoms with van der Waals surface area (Å²) < 4.78 is 13.1. The Morgan fingerprint density at radius 2 is 2.09 bits per heavy atom. The minimum absolute atomic E-state index is 0.0631. The van der Waals surface area contributed by atoms with Crippen LogP contribution in [0.1, 0.15) is 10.4 Å². The van der Waals surface area contributed by atoms with Crippen LogP contribution in [-0.4, -0.2) is 17.6 Å². The van der Waals surface area contributed by atoms with Gasteiger partial charge in [0.15, 0.2) is 0 Å². The van der Waals surface area contributed by atoms with Gasteiger partial charge in [-0.25, -0.2) is 4.39 Å². The maximum absolute atomic E-state index is 13.1. The summed E-state index contributed by atoms with van der Waals surface area (Å²) in [4.78, 5) is 24.5. The fourth-order valence-corrected chi connectivity index (χ4v) is 2.97. The van der Waals surface area contributed by atoms with Crippen LogP contribution in [0.25, 0.3) is 0 Å². The van der Waals surface area contributed by atoms with Crippen molar-refractivity contribution in [3.63, 3.8) is 0 Å². The Morgan fingerprint density at radius 1 is 1.27 bits per heavy atom. The van der Waals surface area contributed by atoms with Crippen molar-refractivity contribution in [1.29, 1.82) is 0 Å². The molecule has 3 rings (SSSR count). The van der Waals surface area contributed by atoms with E-state index in [0.29, 0.717) is 22.7 Å². The summed E-state index contributed by atoms with van der Waals surface area (Å²) in [5.74, 6) is -0.643. The van der Waals surface area contributed by atoms with Crippen molar-refractivity contribution in [3.05, 3.63) is 52.8 Å². The van der Waals surface area contributed by atoms with Crippen molar-refractivity contribution >= 4 is 46.6 Å². The molecular weight excluding hydrogens is 327 g/mol. The number of thioether (sulfide) groups is 1. The maximum Gasteiger partial charge on any atom is 0.255 e. The van der Waals surface area contributed by atoms with Crippen molar-refractivity contribution in [3.8, 4) is 0 Å². The number of benzene rings is 2. The van der Waals surface area contributed by atoms with Crippen LogP contribution in [0.15, 0.2) is 41.3 Å². The summed E-state index contributed by atoms with van der Waals surface area (Å²) in [6, 6.07) is 9.01. The van der Waals surface area contributed by atoms with Crippen LogP contribution in [0, 0.1) is 5.82 Å². The van der Waals surface area contributed by atoms with Crippen LogP contribution in [0.5, 0.6) is 0 Å². The van der Waals surface area contributed by atoms with E-state index in [2.05, 4.69) is 10.6 Å². The molecule has 0 spiro atoms. The zero-order valence-corrected chi connectivity index (χ0v) is 12.7. The van der Waals surface area contributed by atoms with E-state index in [4.69, 9.17) is 11.6 Å². The molecule has 2 N–H and O–H groups in total. The third kappa shape index (κ3) is 3.08. The van der Waals surface area contributed by atoms with Crippen molar-refractivity contribution in [2.45, 2.75) is 4.90 Å². The third-order valence-electron chi connectivity index (χ3n) is 3.05. The van der Waals surface area contributed by atoms with Crippen molar-refractivity contribution in [2.75, 3.05) is 16.4 Å². The lowest BCUT2D eigenvalue weighted by Gasteiger charge is -2.17. The van der Waals surface area contributed by atoms with Crippen LogP contribution in [-0.2, 0) is 4.79 Å². The molecule has 2 amide bonds. The topological polar surface area (TPSA) is 58.2 Å². The molecular formula is C15H10ClFN2O2S. The Labute approximate surface area is 135 Å². The maximum atomic E-state index is 13.1. The van der Waals surface area contributed by atoms with Gasteiger partial charge < -0.3 is 10.6 Å². The highest BCUT2D eigenvalue weighted by Gasteiger charge is 2.17. The second-order valence-electron chi connectivity index (χ2n) is 4.63. The minimum atomic E-state index is -0.548. The highest BCUT2D eigenvalue weighted by atomic mass is 35.5. The molecule has 0 fully saturated rings. The van der Waals surface area contributed by atoms with Crippen molar-refractivity contribution in [2.24, 2.45) is 0 Å². The zero-order chi connectivity index (χ0) is 15.7. The highest BCUT2D eigenvalue weighted by molar-refractivity contribution is 8.00. The van der Waals surface area contributed by atoms with Crippen LogP contribution < -0.4 is 10.6 Å². The molecule has 1 aliphatic rings. The van der Waals surface area contributed by atoms with E-state index in [1.165, 1.54) is 30.0 Å². The van der Waals surface area contributed by atoms with Crippen LogP contribution in [0.3, 0.4) is 0 Å². The number of carbonyl (C=O) groups is 2. The quantitative estimate of drug-likeness (QED) is 0.877. The molecule has 7 heteroatoms. The normalized spacial score (nSPS) is 13.3. The monoisotopic (exact) mass is 336 g/mol. The molecule has 0 radical (unpaired) electrons. The number of fused-ring (bicyclic) bond motifs is 1. The number of hydrogen-bond acceptors (Lipinski definition) is 3. The Balaban J connectivity index is 1.81. The lowest BCUT2D eigenvalue weighted by molar-refractivity contribution is -0.113. The number of rotatable bonds is 2. The van der Waals surface area contributed by atoms with E-state index in [1.807, 2.05) is 0 Å². The lowest BCUT2D eigenvalue weighted by atomic mass is 10.1. The summed E-state index contributed by atoms with van der Waals surface area (Å²) in [7, 11) is 0. The largest absolute Gasteiger partial charge is 0.324 e. The summed E-state index contributed by atoms with van der Waals surface area (Å²) in [6.07, 6.45) is 0. The first-order chi connectivity index (χ1) is 10.5. The van der Waals surface area contributed by atoms with E-state index in [0.717, 1.165) is 4.90 Å². The minimum Gasteiger partial charge on any atom is -0.324 e. The van der Waals surface area contributed by atoms with Gasteiger partial charge in [-0.15, -0.1) is 11.8 Å². The first kappa shape index (κ1) is 14.9. The smallest absolute Gasteiger partial charge is 0.255 e. The predicted molar refractivity (Wildman–Crippen MR) is 85.2 cm³/mol. The van der Waals surface area contributed by atoms with Gasteiger partial charge in [-0.1, -0.05) is 11.6 Å². The molecule has 4 nitrogen and oxygen atoms in total. The lowest BCUT2D eigenvalue weighted by Crippen LogP contribution is -2.19. The molecule has 0 atom stereocenters. The molecule has 0 aliphatic carbocycles. The Hall–Kier alpha value is -2.05. The molecule has 0 saturated heterocycles. The second-order valence-corrected chi connectivity index (χ2v) is 6.06.